The number of rotatable bonds is 5. The molecule has 0 spiro atoms. The number of nitrogens with zero attached hydrogens (tertiary/aromatic N) is 4. The van der Waals surface area contributed by atoms with Gasteiger partial charge in [-0.05, 0) is 36.5 Å². The van der Waals surface area contributed by atoms with Crippen LogP contribution in [0, 0.1) is 5.92 Å². The molecule has 150 valence electrons. The lowest BCUT2D eigenvalue weighted by Gasteiger charge is -2.32. The van der Waals surface area contributed by atoms with Crippen LogP contribution in [0.1, 0.15) is 36.6 Å². The Balaban J connectivity index is 1.42. The first-order chi connectivity index (χ1) is 13.7. The summed E-state index contributed by atoms with van der Waals surface area (Å²) < 4.78 is 10.8. The minimum atomic E-state index is 0.767. The minimum absolute atomic E-state index is 0.767. The fourth-order valence-corrected chi connectivity index (χ4v) is 4.10. The summed E-state index contributed by atoms with van der Waals surface area (Å²) in [6.45, 7) is 7.26. The number of piperidine rings is 1. The summed E-state index contributed by atoms with van der Waals surface area (Å²) in [7, 11) is 3.34. The lowest BCUT2D eigenvalue weighted by Crippen LogP contribution is -2.35. The Morgan fingerprint density at radius 1 is 1.07 bits per heavy atom. The van der Waals surface area contributed by atoms with Crippen LogP contribution in [-0.2, 0) is 19.5 Å². The molecule has 0 N–H and O–H groups in total. The van der Waals surface area contributed by atoms with Crippen LogP contribution in [0.25, 0.3) is 0 Å². The van der Waals surface area contributed by atoms with E-state index in [1.54, 1.807) is 14.2 Å². The van der Waals surface area contributed by atoms with Gasteiger partial charge in [-0.2, -0.15) is 0 Å². The van der Waals surface area contributed by atoms with Crippen molar-refractivity contribution in [1.29, 1.82) is 0 Å². The van der Waals surface area contributed by atoms with Crippen molar-refractivity contribution in [1.82, 2.24) is 14.9 Å². The summed E-state index contributed by atoms with van der Waals surface area (Å²) in [5.74, 6) is 3.28. The van der Waals surface area contributed by atoms with E-state index >= 15 is 0 Å². The van der Waals surface area contributed by atoms with E-state index in [-0.39, 0.29) is 0 Å². The SMILES string of the molecule is COc1ccc(CN2CCc3nc(N4CCC(C)CC4)ncc3C2)cc1OC. The van der Waals surface area contributed by atoms with Gasteiger partial charge in [0.05, 0.1) is 19.9 Å². The molecule has 1 fully saturated rings. The van der Waals surface area contributed by atoms with Gasteiger partial charge >= 0.3 is 0 Å². The number of hydrogen-bond donors (Lipinski definition) is 0. The maximum absolute atomic E-state index is 5.43. The van der Waals surface area contributed by atoms with Crippen LogP contribution in [-0.4, -0.2) is 48.7 Å². The third-order valence-electron chi connectivity index (χ3n) is 5.92. The molecule has 0 radical (unpaired) electrons. The molecule has 0 amide bonds. The molecule has 0 saturated carbocycles. The average molecular weight is 383 g/mol. The third-order valence-corrected chi connectivity index (χ3v) is 5.92. The highest BCUT2D eigenvalue weighted by Gasteiger charge is 2.22. The molecular formula is C22H30N4O2. The van der Waals surface area contributed by atoms with Gasteiger partial charge < -0.3 is 14.4 Å². The summed E-state index contributed by atoms with van der Waals surface area (Å²) in [6, 6.07) is 6.14. The maximum Gasteiger partial charge on any atom is 0.225 e. The van der Waals surface area contributed by atoms with E-state index in [9.17, 15) is 0 Å². The Labute approximate surface area is 167 Å². The van der Waals surface area contributed by atoms with Crippen molar-refractivity contribution >= 4 is 5.95 Å². The maximum atomic E-state index is 5.43. The molecule has 3 heterocycles. The number of anilines is 1. The van der Waals surface area contributed by atoms with Crippen LogP contribution in [0.3, 0.4) is 0 Å². The van der Waals surface area contributed by atoms with Crippen LogP contribution in [0.5, 0.6) is 11.5 Å². The number of methoxy groups -OCH3 is 2. The second kappa shape index (κ2) is 8.35. The topological polar surface area (TPSA) is 50.7 Å². The lowest BCUT2D eigenvalue weighted by atomic mass is 9.99. The molecule has 2 aromatic rings. The molecule has 6 nitrogen and oxygen atoms in total. The van der Waals surface area contributed by atoms with E-state index in [1.165, 1.54) is 29.7 Å². The standard InChI is InChI=1S/C22H30N4O2/c1-16-6-10-26(11-7-16)22-23-13-18-15-25(9-8-19(18)24-22)14-17-4-5-20(27-2)21(12-17)28-3/h4-5,12-13,16H,6-11,14-15H2,1-3H3. The molecule has 0 atom stereocenters. The quantitative estimate of drug-likeness (QED) is 0.791. The normalized spacial score (nSPS) is 18.0. The van der Waals surface area contributed by atoms with E-state index in [1.807, 2.05) is 12.3 Å². The molecule has 2 aliphatic heterocycles. The Morgan fingerprint density at radius 2 is 1.86 bits per heavy atom. The van der Waals surface area contributed by atoms with Crippen molar-refractivity contribution in [3.8, 4) is 11.5 Å². The van der Waals surface area contributed by atoms with Gasteiger partial charge in [0.15, 0.2) is 11.5 Å². The van der Waals surface area contributed by atoms with Gasteiger partial charge in [0.25, 0.3) is 0 Å². The first kappa shape index (κ1) is 19.0. The number of aromatic nitrogens is 2. The van der Waals surface area contributed by atoms with Gasteiger partial charge in [-0.25, -0.2) is 9.97 Å². The third kappa shape index (κ3) is 4.07. The summed E-state index contributed by atoms with van der Waals surface area (Å²) in [5, 5.41) is 0. The van der Waals surface area contributed by atoms with Gasteiger partial charge in [-0.15, -0.1) is 0 Å². The Kier molecular flexibility index (Phi) is 5.67. The van der Waals surface area contributed by atoms with Crippen molar-refractivity contribution in [3.63, 3.8) is 0 Å². The number of ether oxygens (including phenoxy) is 2. The second-order valence-corrected chi connectivity index (χ2v) is 7.96. The monoisotopic (exact) mass is 382 g/mol. The highest BCUT2D eigenvalue weighted by Crippen LogP contribution is 2.29. The molecule has 2 aliphatic rings. The fourth-order valence-electron chi connectivity index (χ4n) is 4.10. The van der Waals surface area contributed by atoms with Crippen molar-refractivity contribution in [2.45, 2.75) is 39.3 Å². The van der Waals surface area contributed by atoms with Crippen molar-refractivity contribution in [2.24, 2.45) is 5.92 Å². The largest absolute Gasteiger partial charge is 0.493 e. The first-order valence-corrected chi connectivity index (χ1v) is 10.2. The van der Waals surface area contributed by atoms with Crippen molar-refractivity contribution in [3.05, 3.63) is 41.2 Å². The van der Waals surface area contributed by atoms with Crippen LogP contribution < -0.4 is 14.4 Å². The van der Waals surface area contributed by atoms with E-state index < -0.39 is 0 Å². The second-order valence-electron chi connectivity index (χ2n) is 7.96. The summed E-state index contributed by atoms with van der Waals surface area (Å²) in [6.07, 6.45) is 5.48. The van der Waals surface area contributed by atoms with Crippen molar-refractivity contribution < 1.29 is 9.47 Å². The predicted octanol–water partition coefficient (Wildman–Crippen LogP) is 3.29. The molecule has 0 unspecified atom stereocenters. The highest BCUT2D eigenvalue weighted by atomic mass is 16.5. The Morgan fingerprint density at radius 3 is 2.61 bits per heavy atom. The molecule has 1 aromatic carbocycles. The Hall–Kier alpha value is -2.34. The lowest BCUT2D eigenvalue weighted by molar-refractivity contribution is 0.242. The van der Waals surface area contributed by atoms with Crippen LogP contribution in [0.4, 0.5) is 5.95 Å². The zero-order chi connectivity index (χ0) is 19.5. The van der Waals surface area contributed by atoms with Crippen LogP contribution >= 0.6 is 0 Å². The molecule has 1 aromatic heterocycles. The van der Waals surface area contributed by atoms with Gasteiger partial charge in [-0.3, -0.25) is 4.90 Å². The molecule has 4 rings (SSSR count). The van der Waals surface area contributed by atoms with E-state index in [2.05, 4.69) is 33.8 Å². The predicted molar refractivity (Wildman–Crippen MR) is 110 cm³/mol. The molecule has 0 aliphatic carbocycles. The van der Waals surface area contributed by atoms with Gasteiger partial charge in [0.1, 0.15) is 0 Å². The van der Waals surface area contributed by atoms with Crippen LogP contribution in [0.15, 0.2) is 24.4 Å². The zero-order valence-electron chi connectivity index (χ0n) is 17.1. The van der Waals surface area contributed by atoms with Gasteiger partial charge in [0, 0.05) is 50.9 Å². The number of hydrogen-bond acceptors (Lipinski definition) is 6. The zero-order valence-corrected chi connectivity index (χ0v) is 17.1. The highest BCUT2D eigenvalue weighted by molar-refractivity contribution is 5.43. The minimum Gasteiger partial charge on any atom is -0.493 e. The molecule has 6 heteroatoms. The average Bonchev–Trinajstić information content (AvgIpc) is 2.74. The molecular weight excluding hydrogens is 352 g/mol. The summed E-state index contributed by atoms with van der Waals surface area (Å²) in [5.41, 5.74) is 3.69. The van der Waals surface area contributed by atoms with E-state index in [0.717, 1.165) is 62.5 Å². The summed E-state index contributed by atoms with van der Waals surface area (Å²) in [4.78, 5) is 14.4. The van der Waals surface area contributed by atoms with Gasteiger partial charge in [-0.1, -0.05) is 13.0 Å². The van der Waals surface area contributed by atoms with E-state index in [0.29, 0.717) is 0 Å². The first-order valence-electron chi connectivity index (χ1n) is 10.2. The molecule has 0 bridgehead atoms. The smallest absolute Gasteiger partial charge is 0.225 e. The van der Waals surface area contributed by atoms with Gasteiger partial charge in [0.2, 0.25) is 5.95 Å². The fraction of sp³-hybridized carbons (Fsp3) is 0.545. The molecule has 28 heavy (non-hydrogen) atoms. The number of fused-ring (bicyclic) bond motifs is 1. The summed E-state index contributed by atoms with van der Waals surface area (Å²) >= 11 is 0. The van der Waals surface area contributed by atoms with Crippen LogP contribution in [0.2, 0.25) is 0 Å². The molecule has 1 saturated heterocycles. The number of benzene rings is 1. The van der Waals surface area contributed by atoms with E-state index in [4.69, 9.17) is 14.5 Å². The van der Waals surface area contributed by atoms with Crippen molar-refractivity contribution in [2.75, 3.05) is 38.8 Å². The Bertz CT molecular complexity index is 818.